The molecule has 1 saturated heterocycles. The van der Waals surface area contributed by atoms with Gasteiger partial charge >= 0.3 is 0 Å². The van der Waals surface area contributed by atoms with Gasteiger partial charge in [0.15, 0.2) is 0 Å². The molecule has 5 N–H and O–H groups in total. The molecule has 1 aromatic carbocycles. The number of benzene rings is 1. The number of aromatic nitrogens is 3. The van der Waals surface area contributed by atoms with Gasteiger partial charge in [-0.2, -0.15) is 0 Å². The zero-order valence-electron chi connectivity index (χ0n) is 23.0. The van der Waals surface area contributed by atoms with Crippen molar-refractivity contribution in [3.63, 3.8) is 0 Å². The summed E-state index contributed by atoms with van der Waals surface area (Å²) in [6.07, 6.45) is 8.87. The molecule has 4 aromatic rings. The number of hydrogen-bond donors (Lipinski definition) is 4. The van der Waals surface area contributed by atoms with Crippen LogP contribution < -0.4 is 26.8 Å². The van der Waals surface area contributed by atoms with Crippen LogP contribution >= 0.6 is 0 Å². The normalized spacial score (nSPS) is 18.1. The number of nitrogens with two attached hydrogens (primary N) is 1. The van der Waals surface area contributed by atoms with Gasteiger partial charge < -0.3 is 26.3 Å². The highest BCUT2D eigenvalue weighted by molar-refractivity contribution is 5.97. The standard InChI is InChI=1S/C31H34FN7O2/c1-2-31(11-4-12-31)30(41)36-20-6-8-22(23(32)15-20)25-16-26(28-24(37-25)10-13-34-29(28)40)38-27-9-7-21(17-35-27)39-14-3-5-19(33)18-39/h6-10,13,15-17,19H,2-5,11-12,14,18,33H2,1H3,(H,34,40)(H,36,41)(H,35,37,38)/t19-/m0/s1. The molecule has 1 atom stereocenters. The van der Waals surface area contributed by atoms with Crippen LogP contribution in [0.2, 0.25) is 0 Å². The molecule has 0 radical (unpaired) electrons. The number of carbonyl (C=O) groups excluding carboxylic acids is 1. The number of nitrogens with zero attached hydrogens (tertiary/aromatic N) is 3. The third-order valence-electron chi connectivity index (χ3n) is 8.54. The van der Waals surface area contributed by atoms with E-state index in [-0.39, 0.29) is 28.5 Å². The molecule has 4 heterocycles. The predicted octanol–water partition coefficient (Wildman–Crippen LogP) is 5.31. The second-order valence-electron chi connectivity index (χ2n) is 11.1. The van der Waals surface area contributed by atoms with Crippen molar-refractivity contribution >= 4 is 39.7 Å². The molecule has 10 heteroatoms. The molecule has 2 aliphatic rings. The fraction of sp³-hybridized carbons (Fsp3) is 0.355. The lowest BCUT2D eigenvalue weighted by molar-refractivity contribution is -0.130. The van der Waals surface area contributed by atoms with Gasteiger partial charge in [0.1, 0.15) is 11.6 Å². The molecule has 0 bridgehead atoms. The quantitative estimate of drug-likeness (QED) is 0.243. The Morgan fingerprint density at radius 2 is 2.05 bits per heavy atom. The van der Waals surface area contributed by atoms with Crippen LogP contribution in [0.25, 0.3) is 22.2 Å². The Labute approximate surface area is 237 Å². The summed E-state index contributed by atoms with van der Waals surface area (Å²) < 4.78 is 15.4. The van der Waals surface area contributed by atoms with E-state index in [1.54, 1.807) is 30.5 Å². The predicted molar refractivity (Wildman–Crippen MR) is 160 cm³/mol. The first-order valence-electron chi connectivity index (χ1n) is 14.2. The number of nitrogens with one attached hydrogen (secondary N) is 3. The van der Waals surface area contributed by atoms with Gasteiger partial charge in [0, 0.05) is 42.0 Å². The average molecular weight is 556 g/mol. The number of pyridine rings is 3. The van der Waals surface area contributed by atoms with Crippen molar-refractivity contribution in [1.82, 2.24) is 15.0 Å². The van der Waals surface area contributed by atoms with Crippen LogP contribution in [-0.2, 0) is 4.79 Å². The van der Waals surface area contributed by atoms with Crippen LogP contribution in [-0.4, -0.2) is 40.0 Å². The summed E-state index contributed by atoms with van der Waals surface area (Å²) >= 11 is 0. The highest BCUT2D eigenvalue weighted by Gasteiger charge is 2.42. The number of carbonyl (C=O) groups is 1. The van der Waals surface area contributed by atoms with E-state index in [1.807, 2.05) is 19.1 Å². The summed E-state index contributed by atoms with van der Waals surface area (Å²) in [4.78, 5) is 39.7. The minimum Gasteiger partial charge on any atom is -0.369 e. The van der Waals surface area contributed by atoms with Crippen molar-refractivity contribution < 1.29 is 9.18 Å². The van der Waals surface area contributed by atoms with Gasteiger partial charge in [0.05, 0.1) is 34.2 Å². The third-order valence-corrected chi connectivity index (χ3v) is 8.54. The van der Waals surface area contributed by atoms with E-state index in [1.165, 1.54) is 12.3 Å². The Morgan fingerprint density at radius 3 is 2.73 bits per heavy atom. The second kappa shape index (κ2) is 10.9. The molecule has 1 amide bonds. The number of aromatic amines is 1. The van der Waals surface area contributed by atoms with Crippen molar-refractivity contribution in [2.75, 3.05) is 28.6 Å². The van der Waals surface area contributed by atoms with E-state index in [0.717, 1.165) is 57.3 Å². The molecule has 9 nitrogen and oxygen atoms in total. The number of halogens is 1. The van der Waals surface area contributed by atoms with Crippen LogP contribution in [0.4, 0.5) is 27.3 Å². The zero-order chi connectivity index (χ0) is 28.6. The van der Waals surface area contributed by atoms with Crippen molar-refractivity contribution in [1.29, 1.82) is 0 Å². The minimum absolute atomic E-state index is 0.0606. The SMILES string of the molecule is CCC1(C(=O)Nc2ccc(-c3cc(Nc4ccc(N5CCC[C@H](N)C5)cn4)c4c(=O)[nH]ccc4n3)c(F)c2)CCC1. The van der Waals surface area contributed by atoms with Crippen LogP contribution in [0, 0.1) is 11.2 Å². The van der Waals surface area contributed by atoms with Crippen molar-refractivity contribution in [3.05, 3.63) is 71.0 Å². The number of H-pyrrole nitrogens is 1. The van der Waals surface area contributed by atoms with Gasteiger partial charge in [-0.15, -0.1) is 0 Å². The monoisotopic (exact) mass is 555 g/mol. The maximum atomic E-state index is 15.4. The Hall–Kier alpha value is -4.31. The van der Waals surface area contributed by atoms with Crippen LogP contribution in [0.5, 0.6) is 0 Å². The second-order valence-corrected chi connectivity index (χ2v) is 11.1. The van der Waals surface area contributed by atoms with E-state index < -0.39 is 5.82 Å². The Kier molecular flexibility index (Phi) is 7.17. The van der Waals surface area contributed by atoms with Crippen LogP contribution in [0.3, 0.4) is 0 Å². The molecule has 1 aliphatic carbocycles. The molecule has 41 heavy (non-hydrogen) atoms. The minimum atomic E-state index is -0.521. The lowest BCUT2D eigenvalue weighted by Gasteiger charge is -2.39. The zero-order valence-corrected chi connectivity index (χ0v) is 23.0. The molecule has 1 saturated carbocycles. The molecule has 0 spiro atoms. The molecule has 212 valence electrons. The Bertz CT molecular complexity index is 1640. The summed E-state index contributed by atoms with van der Waals surface area (Å²) in [7, 11) is 0. The molecule has 1 aliphatic heterocycles. The fourth-order valence-corrected chi connectivity index (χ4v) is 5.87. The number of hydrogen-bond acceptors (Lipinski definition) is 7. The van der Waals surface area contributed by atoms with Crippen LogP contribution in [0.1, 0.15) is 45.4 Å². The molecule has 2 fully saturated rings. The molecule has 0 unspecified atom stereocenters. The molecular weight excluding hydrogens is 521 g/mol. The number of amides is 1. The van der Waals surface area contributed by atoms with Gasteiger partial charge in [-0.3, -0.25) is 9.59 Å². The van der Waals surface area contributed by atoms with E-state index in [9.17, 15) is 9.59 Å². The van der Waals surface area contributed by atoms with Crippen molar-refractivity contribution in [2.45, 2.75) is 51.5 Å². The fourth-order valence-electron chi connectivity index (χ4n) is 5.87. The van der Waals surface area contributed by atoms with E-state index in [2.05, 4.69) is 30.5 Å². The number of piperidine rings is 1. The van der Waals surface area contributed by atoms with Gasteiger partial charge in [0.25, 0.3) is 5.56 Å². The summed E-state index contributed by atoms with van der Waals surface area (Å²) in [5.74, 6) is -0.0439. The largest absolute Gasteiger partial charge is 0.369 e. The van der Waals surface area contributed by atoms with Gasteiger partial charge in [-0.1, -0.05) is 13.3 Å². The van der Waals surface area contributed by atoms with Crippen molar-refractivity contribution in [3.8, 4) is 11.3 Å². The number of rotatable bonds is 7. The summed E-state index contributed by atoms with van der Waals surface area (Å²) in [5, 5.41) is 6.47. The molecular formula is C31H34FN7O2. The number of anilines is 4. The van der Waals surface area contributed by atoms with Crippen LogP contribution in [0.15, 0.2) is 59.7 Å². The van der Waals surface area contributed by atoms with E-state index in [4.69, 9.17) is 5.73 Å². The first-order valence-corrected chi connectivity index (χ1v) is 14.2. The Balaban J connectivity index is 1.29. The van der Waals surface area contributed by atoms with Gasteiger partial charge in [0.2, 0.25) is 5.91 Å². The van der Waals surface area contributed by atoms with E-state index in [0.29, 0.717) is 33.8 Å². The maximum Gasteiger partial charge on any atom is 0.259 e. The average Bonchev–Trinajstić information content (AvgIpc) is 2.93. The summed E-state index contributed by atoms with van der Waals surface area (Å²) in [6.45, 7) is 3.73. The first-order chi connectivity index (χ1) is 19.8. The third kappa shape index (κ3) is 5.27. The molecule has 6 rings (SSSR count). The van der Waals surface area contributed by atoms with Crippen molar-refractivity contribution in [2.24, 2.45) is 11.1 Å². The maximum absolute atomic E-state index is 15.4. The summed E-state index contributed by atoms with van der Waals surface area (Å²) in [6, 6.07) is 11.9. The number of fused-ring (bicyclic) bond motifs is 1. The topological polar surface area (TPSA) is 129 Å². The van der Waals surface area contributed by atoms with Gasteiger partial charge in [-0.05, 0) is 74.6 Å². The lowest BCUT2D eigenvalue weighted by Crippen LogP contribution is -2.42. The van der Waals surface area contributed by atoms with E-state index >= 15 is 4.39 Å². The highest BCUT2D eigenvalue weighted by Crippen LogP contribution is 2.44. The first kappa shape index (κ1) is 26.9. The smallest absolute Gasteiger partial charge is 0.259 e. The summed E-state index contributed by atoms with van der Waals surface area (Å²) in [5.41, 5.74) is 8.34. The molecule has 3 aromatic heterocycles. The Morgan fingerprint density at radius 1 is 1.20 bits per heavy atom. The highest BCUT2D eigenvalue weighted by atomic mass is 19.1. The van der Waals surface area contributed by atoms with Gasteiger partial charge in [-0.25, -0.2) is 14.4 Å². The lowest BCUT2D eigenvalue weighted by atomic mass is 9.66.